The molecule has 5 heterocycles. The highest BCUT2D eigenvalue weighted by molar-refractivity contribution is 7.22. The number of carbonyl (C=O) groups is 1. The van der Waals surface area contributed by atoms with Gasteiger partial charge in [-0.15, -0.1) is 11.3 Å². The maximum absolute atomic E-state index is 14.4. The number of piperazine rings is 1. The number of furan rings is 1. The van der Waals surface area contributed by atoms with Crippen LogP contribution in [0.3, 0.4) is 0 Å². The van der Waals surface area contributed by atoms with Crippen molar-refractivity contribution < 1.29 is 45.7 Å². The van der Waals surface area contributed by atoms with E-state index in [2.05, 4.69) is 31.9 Å². The van der Waals surface area contributed by atoms with Crippen LogP contribution in [-0.2, 0) is 21.5 Å². The number of para-hydroxylation sites is 1. The molecule has 0 unspecified atom stereocenters. The fraction of sp³-hybridized carbons (Fsp3) is 0.366. The van der Waals surface area contributed by atoms with E-state index in [1.54, 1.807) is 25.1 Å². The van der Waals surface area contributed by atoms with Gasteiger partial charge in [-0.2, -0.15) is 22.7 Å². The molecule has 0 bridgehead atoms. The van der Waals surface area contributed by atoms with Crippen LogP contribution in [-0.4, -0.2) is 124 Å². The first kappa shape index (κ1) is 45.0. The number of rotatable bonds is 16. The Hall–Kier alpha value is -5.04. The standard InChI is InChI=1S/C41H38B3ClF4N6O6S/c1-4-57-39(56)35(33(42)25-7-5-6-8-26(25)61-41(43,44)29-13-14-52-55(29)21-40(47,48)49)60-37-32-31(36(28-11-12-30(46)59-28)62-38(32)51-22-50-37)24-9-10-27(34(45)23(24)2)58-20-19-54-17-15-53(3)16-18-54/h5-14,22,33,35H,4,15-21H2,1-3H3/t33-,35+/m1/s1. The number of ether oxygens (including phenoxy) is 4. The van der Waals surface area contributed by atoms with Crippen LogP contribution < -0.4 is 14.2 Å². The van der Waals surface area contributed by atoms with Crippen LogP contribution >= 0.6 is 22.9 Å². The van der Waals surface area contributed by atoms with Gasteiger partial charge in [-0.05, 0) is 67.7 Å². The van der Waals surface area contributed by atoms with Crippen molar-refractivity contribution in [2.24, 2.45) is 0 Å². The fourth-order valence-electron chi connectivity index (χ4n) is 7.08. The second-order valence-electron chi connectivity index (χ2n) is 14.6. The minimum absolute atomic E-state index is 0.0555. The van der Waals surface area contributed by atoms with Crippen LogP contribution in [0.15, 0.2) is 71.5 Å². The molecule has 12 nitrogen and oxygen atoms in total. The van der Waals surface area contributed by atoms with E-state index in [1.165, 1.54) is 36.7 Å². The number of thiophene rings is 1. The molecular weight excluding hydrogens is 848 g/mol. The molecule has 21 heteroatoms. The summed E-state index contributed by atoms with van der Waals surface area (Å²) in [5.74, 6) is -1.80. The summed E-state index contributed by atoms with van der Waals surface area (Å²) in [6.07, 6.45) is -3.94. The Bertz CT molecular complexity index is 2530. The molecule has 4 aromatic heterocycles. The third-order valence-electron chi connectivity index (χ3n) is 10.2. The van der Waals surface area contributed by atoms with E-state index >= 15 is 0 Å². The Morgan fingerprint density at radius 3 is 2.50 bits per heavy atom. The monoisotopic (exact) mass is 886 g/mol. The number of hydrogen-bond acceptors (Lipinski definition) is 12. The van der Waals surface area contributed by atoms with Gasteiger partial charge in [0.05, 0.1) is 40.8 Å². The summed E-state index contributed by atoms with van der Waals surface area (Å²) in [6, 6.07) is 12.7. The summed E-state index contributed by atoms with van der Waals surface area (Å²) >= 11 is 8.16. The average molecular weight is 887 g/mol. The van der Waals surface area contributed by atoms with Crippen molar-refractivity contribution in [3.63, 3.8) is 0 Å². The second-order valence-corrected chi connectivity index (χ2v) is 15.9. The first-order chi connectivity index (χ1) is 29.5. The number of fused-ring (bicyclic) bond motifs is 1. The molecule has 2 atom stereocenters. The van der Waals surface area contributed by atoms with Crippen molar-refractivity contribution in [2.75, 3.05) is 53.0 Å². The van der Waals surface area contributed by atoms with Gasteiger partial charge in [0.1, 0.15) is 57.3 Å². The van der Waals surface area contributed by atoms with E-state index in [-0.39, 0.29) is 35.3 Å². The highest BCUT2D eigenvalue weighted by Gasteiger charge is 2.37. The molecule has 0 saturated carbocycles. The first-order valence-electron chi connectivity index (χ1n) is 19.4. The first-order valence-corrected chi connectivity index (χ1v) is 20.6. The lowest BCUT2D eigenvalue weighted by molar-refractivity contribution is -0.151. The van der Waals surface area contributed by atoms with Gasteiger partial charge in [0.15, 0.2) is 6.10 Å². The molecule has 0 spiro atoms. The second kappa shape index (κ2) is 18.7. The molecule has 6 aromatic rings. The summed E-state index contributed by atoms with van der Waals surface area (Å²) in [5, 5.41) is 2.01. The van der Waals surface area contributed by atoms with E-state index in [1.807, 2.05) is 13.0 Å². The van der Waals surface area contributed by atoms with Crippen molar-refractivity contribution >= 4 is 62.7 Å². The maximum atomic E-state index is 14.4. The lowest BCUT2D eigenvalue weighted by Gasteiger charge is -2.32. The van der Waals surface area contributed by atoms with Gasteiger partial charge < -0.3 is 28.3 Å². The molecule has 7 rings (SSSR count). The normalized spacial score (nSPS) is 15.1. The lowest BCUT2D eigenvalue weighted by Crippen LogP contribution is -2.45. The Morgan fingerprint density at radius 2 is 1.79 bits per heavy atom. The van der Waals surface area contributed by atoms with E-state index in [4.69, 9.17) is 58.5 Å². The van der Waals surface area contributed by atoms with Crippen molar-refractivity contribution in [3.05, 3.63) is 95.0 Å². The number of hydrogen-bond donors (Lipinski definition) is 0. The van der Waals surface area contributed by atoms with Crippen LogP contribution in [0, 0.1) is 12.9 Å². The average Bonchev–Trinajstić information content (AvgIpc) is 3.98. The molecule has 1 aliphatic rings. The predicted molar refractivity (Wildman–Crippen MR) is 228 cm³/mol. The van der Waals surface area contributed by atoms with Gasteiger partial charge in [0, 0.05) is 50.6 Å². The summed E-state index contributed by atoms with van der Waals surface area (Å²) in [5.41, 5.74) is 1.49. The van der Waals surface area contributed by atoms with Gasteiger partial charge in [0.25, 0.3) is 6.01 Å². The number of carbonyl (C=O) groups excluding carboxylic acids is 1. The van der Waals surface area contributed by atoms with Crippen molar-refractivity contribution in [3.8, 4) is 39.1 Å². The lowest BCUT2D eigenvalue weighted by atomic mass is 9.63. The summed E-state index contributed by atoms with van der Waals surface area (Å²) in [4.78, 5) is 28.2. The Labute approximate surface area is 367 Å². The zero-order valence-electron chi connectivity index (χ0n) is 33.8. The quantitative estimate of drug-likeness (QED) is 0.0578. The highest BCUT2D eigenvalue weighted by Crippen LogP contribution is 2.50. The summed E-state index contributed by atoms with van der Waals surface area (Å²) < 4.78 is 84.5. The van der Waals surface area contributed by atoms with E-state index < -0.39 is 42.0 Å². The van der Waals surface area contributed by atoms with E-state index in [0.717, 1.165) is 50.3 Å². The topological polar surface area (TPSA) is 117 Å². The van der Waals surface area contributed by atoms with Crippen molar-refractivity contribution in [1.29, 1.82) is 0 Å². The van der Waals surface area contributed by atoms with Crippen molar-refractivity contribution in [2.45, 2.75) is 43.9 Å². The number of esters is 1. The minimum Gasteiger partial charge on any atom is -0.501 e. The SMILES string of the molecule is [B][C@H](c1ccccc1OC([B])([B])c1ccnn1CC(F)(F)F)[C@H](Oc1ncnc2sc(-c3ccc(F)o3)c(-c3ccc(OCCN4CCN(C)CC4)c(Cl)c3C)c12)C(=O)OCC. The molecule has 1 fully saturated rings. The van der Waals surface area contributed by atoms with Gasteiger partial charge in [0.2, 0.25) is 5.88 Å². The molecule has 0 amide bonds. The van der Waals surface area contributed by atoms with E-state index in [0.29, 0.717) is 53.8 Å². The molecule has 0 aliphatic carbocycles. The number of halogens is 5. The number of alkyl halides is 3. The largest absolute Gasteiger partial charge is 0.501 e. The Kier molecular flexibility index (Phi) is 13.6. The third kappa shape index (κ3) is 9.93. The molecule has 62 heavy (non-hydrogen) atoms. The van der Waals surface area contributed by atoms with E-state index in [9.17, 15) is 22.4 Å². The number of benzene rings is 2. The molecule has 1 saturated heterocycles. The van der Waals surface area contributed by atoms with Gasteiger partial charge in [-0.1, -0.05) is 35.9 Å². The summed E-state index contributed by atoms with van der Waals surface area (Å²) in [6.45, 7) is 6.83. The van der Waals surface area contributed by atoms with Crippen LogP contribution in [0.1, 0.15) is 29.6 Å². The minimum atomic E-state index is -4.64. The molecule has 6 radical (unpaired) electrons. The summed E-state index contributed by atoms with van der Waals surface area (Å²) in [7, 11) is 21.5. The maximum Gasteiger partial charge on any atom is 0.408 e. The van der Waals surface area contributed by atoms with Gasteiger partial charge >= 0.3 is 12.1 Å². The molecular formula is C41H38B3ClF4N6O6S. The number of nitrogens with zero attached hydrogens (tertiary/aromatic N) is 6. The third-order valence-corrected chi connectivity index (χ3v) is 11.8. The molecule has 1 aliphatic heterocycles. The van der Waals surface area contributed by atoms with Crippen LogP contribution in [0.4, 0.5) is 17.6 Å². The van der Waals surface area contributed by atoms with Crippen LogP contribution in [0.5, 0.6) is 17.4 Å². The molecule has 0 N–H and O–H groups in total. The zero-order chi connectivity index (χ0) is 44.3. The number of likely N-dealkylation sites (N-methyl/N-ethyl adjacent to an activating group) is 1. The van der Waals surface area contributed by atoms with Crippen LogP contribution in [0.25, 0.3) is 32.0 Å². The van der Waals surface area contributed by atoms with Gasteiger partial charge in [-0.25, -0.2) is 14.8 Å². The van der Waals surface area contributed by atoms with Crippen LogP contribution in [0.2, 0.25) is 5.02 Å². The Balaban J connectivity index is 1.25. The smallest absolute Gasteiger partial charge is 0.408 e. The molecule has 2 aromatic carbocycles. The zero-order valence-corrected chi connectivity index (χ0v) is 35.4. The predicted octanol–water partition coefficient (Wildman–Crippen LogP) is 6.85. The fourth-order valence-corrected chi connectivity index (χ4v) is 8.41. The number of aromatic nitrogens is 4. The van der Waals surface area contributed by atoms with Gasteiger partial charge in [-0.3, -0.25) is 9.58 Å². The van der Waals surface area contributed by atoms with Crippen molar-refractivity contribution in [1.82, 2.24) is 29.5 Å². The molecule has 318 valence electrons. The highest BCUT2D eigenvalue weighted by atomic mass is 35.5. The Morgan fingerprint density at radius 1 is 1.03 bits per heavy atom.